The molecule has 1 N–H and O–H groups in total. The van der Waals surface area contributed by atoms with Crippen LogP contribution in [0.5, 0.6) is 0 Å². The molecule has 3 rings (SSSR count). The van der Waals surface area contributed by atoms with Gasteiger partial charge < -0.3 is 10.1 Å². The van der Waals surface area contributed by atoms with Crippen molar-refractivity contribution in [2.45, 2.75) is 25.6 Å². The summed E-state index contributed by atoms with van der Waals surface area (Å²) in [5.74, 6) is 1.75. The molecular formula is C14H19NO. The van der Waals surface area contributed by atoms with E-state index in [0.717, 1.165) is 18.4 Å². The Morgan fingerprint density at radius 3 is 2.44 bits per heavy atom. The largest absolute Gasteiger partial charge is 0.374 e. The minimum absolute atomic E-state index is 0.498. The van der Waals surface area contributed by atoms with Gasteiger partial charge in [0.1, 0.15) is 0 Å². The van der Waals surface area contributed by atoms with E-state index in [1.807, 2.05) is 0 Å². The highest BCUT2D eigenvalue weighted by molar-refractivity contribution is 5.13. The number of hydrogen-bond donors (Lipinski definition) is 1. The van der Waals surface area contributed by atoms with Crippen molar-refractivity contribution in [1.82, 2.24) is 5.32 Å². The highest BCUT2D eigenvalue weighted by Crippen LogP contribution is 2.36. The van der Waals surface area contributed by atoms with Gasteiger partial charge in [0.15, 0.2) is 0 Å². The molecule has 2 fully saturated rings. The molecule has 2 unspecified atom stereocenters. The first-order chi connectivity index (χ1) is 7.92. The van der Waals surface area contributed by atoms with Crippen molar-refractivity contribution in [3.8, 4) is 0 Å². The van der Waals surface area contributed by atoms with Crippen LogP contribution >= 0.6 is 0 Å². The van der Waals surface area contributed by atoms with Crippen LogP contribution in [0.1, 0.15) is 18.4 Å². The molecule has 0 bridgehead atoms. The molecule has 86 valence electrons. The van der Waals surface area contributed by atoms with E-state index in [4.69, 9.17) is 4.74 Å². The Morgan fingerprint density at radius 1 is 1.06 bits per heavy atom. The molecular weight excluding hydrogens is 198 g/mol. The smallest absolute Gasteiger partial charge is 0.0720 e. The zero-order valence-corrected chi connectivity index (χ0v) is 9.56. The fourth-order valence-corrected chi connectivity index (χ4v) is 3.03. The Balaban J connectivity index is 1.50. The minimum Gasteiger partial charge on any atom is -0.374 e. The van der Waals surface area contributed by atoms with Crippen LogP contribution < -0.4 is 5.32 Å². The van der Waals surface area contributed by atoms with Gasteiger partial charge in [-0.25, -0.2) is 0 Å². The Labute approximate surface area is 97.0 Å². The van der Waals surface area contributed by atoms with E-state index in [2.05, 4.69) is 35.6 Å². The highest BCUT2D eigenvalue weighted by Gasteiger charge is 2.37. The summed E-state index contributed by atoms with van der Waals surface area (Å²) in [7, 11) is 0. The molecule has 2 aliphatic rings. The van der Waals surface area contributed by atoms with E-state index in [1.54, 1.807) is 0 Å². The van der Waals surface area contributed by atoms with Gasteiger partial charge in [-0.2, -0.15) is 0 Å². The molecule has 2 atom stereocenters. The lowest BCUT2D eigenvalue weighted by molar-refractivity contribution is 0.0404. The van der Waals surface area contributed by atoms with Crippen LogP contribution in [0.25, 0.3) is 0 Å². The van der Waals surface area contributed by atoms with Gasteiger partial charge >= 0.3 is 0 Å². The first kappa shape index (κ1) is 10.3. The molecule has 0 spiro atoms. The molecule has 1 aliphatic heterocycles. The van der Waals surface area contributed by atoms with E-state index in [-0.39, 0.29) is 0 Å². The van der Waals surface area contributed by atoms with Crippen LogP contribution in [0.2, 0.25) is 0 Å². The average Bonchev–Trinajstić information content (AvgIpc) is 2.88. The van der Waals surface area contributed by atoms with Crippen LogP contribution in [0.15, 0.2) is 30.3 Å². The topological polar surface area (TPSA) is 21.3 Å². The zero-order chi connectivity index (χ0) is 10.8. The van der Waals surface area contributed by atoms with Gasteiger partial charge in [0.05, 0.1) is 12.7 Å². The predicted octanol–water partition coefficient (Wildman–Crippen LogP) is 2.20. The second-order valence-electron chi connectivity index (χ2n) is 5.07. The second-order valence-corrected chi connectivity index (χ2v) is 5.07. The van der Waals surface area contributed by atoms with Crippen molar-refractivity contribution in [2.24, 2.45) is 11.8 Å². The molecule has 1 aromatic carbocycles. The lowest BCUT2D eigenvalue weighted by atomic mass is 10.0. The number of rotatable bonds is 3. The molecule has 1 aromatic rings. The SMILES string of the molecule is c1ccc(COC2CC3CNCC3C2)cc1. The lowest BCUT2D eigenvalue weighted by Crippen LogP contribution is -2.16. The van der Waals surface area contributed by atoms with E-state index in [9.17, 15) is 0 Å². The minimum atomic E-state index is 0.498. The maximum absolute atomic E-state index is 6.00. The van der Waals surface area contributed by atoms with Gasteiger partial charge in [0, 0.05) is 0 Å². The third-order valence-corrected chi connectivity index (χ3v) is 3.94. The van der Waals surface area contributed by atoms with Gasteiger partial charge in [-0.1, -0.05) is 30.3 Å². The fourth-order valence-electron chi connectivity index (χ4n) is 3.03. The Bertz CT molecular complexity index is 326. The second kappa shape index (κ2) is 4.56. The third kappa shape index (κ3) is 2.13. The normalized spacial score (nSPS) is 32.9. The lowest BCUT2D eigenvalue weighted by Gasteiger charge is -2.12. The van der Waals surface area contributed by atoms with Gasteiger partial charge in [-0.05, 0) is 43.3 Å². The van der Waals surface area contributed by atoms with Crippen molar-refractivity contribution in [1.29, 1.82) is 0 Å². The summed E-state index contributed by atoms with van der Waals surface area (Å²) >= 11 is 0. The quantitative estimate of drug-likeness (QED) is 0.838. The van der Waals surface area contributed by atoms with Crippen LogP contribution in [0, 0.1) is 11.8 Å². The Hall–Kier alpha value is -0.860. The fraction of sp³-hybridized carbons (Fsp3) is 0.571. The van der Waals surface area contributed by atoms with Gasteiger partial charge in [-0.3, -0.25) is 0 Å². The summed E-state index contributed by atoms with van der Waals surface area (Å²) in [6.45, 7) is 3.18. The average molecular weight is 217 g/mol. The van der Waals surface area contributed by atoms with Crippen molar-refractivity contribution in [2.75, 3.05) is 13.1 Å². The van der Waals surface area contributed by atoms with Crippen molar-refractivity contribution in [3.05, 3.63) is 35.9 Å². The molecule has 1 heterocycles. The maximum atomic E-state index is 6.00. The Kier molecular flexibility index (Phi) is 2.94. The number of benzene rings is 1. The summed E-state index contributed by atoms with van der Waals surface area (Å²) < 4.78 is 6.00. The zero-order valence-electron chi connectivity index (χ0n) is 9.56. The standard InChI is InChI=1S/C14H19NO/c1-2-4-11(5-3-1)10-16-14-6-12-8-15-9-13(12)7-14/h1-5,12-15H,6-10H2. The summed E-state index contributed by atoms with van der Waals surface area (Å²) in [6.07, 6.45) is 3.01. The Morgan fingerprint density at radius 2 is 1.75 bits per heavy atom. The maximum Gasteiger partial charge on any atom is 0.0720 e. The molecule has 1 aliphatic carbocycles. The van der Waals surface area contributed by atoms with Crippen molar-refractivity contribution < 1.29 is 4.74 Å². The molecule has 16 heavy (non-hydrogen) atoms. The first-order valence-corrected chi connectivity index (χ1v) is 6.28. The van der Waals surface area contributed by atoms with E-state index < -0.39 is 0 Å². The number of ether oxygens (including phenoxy) is 1. The van der Waals surface area contributed by atoms with Crippen LogP contribution in [0.4, 0.5) is 0 Å². The summed E-state index contributed by atoms with van der Waals surface area (Å²) in [5, 5.41) is 3.46. The van der Waals surface area contributed by atoms with Gasteiger partial charge in [0.25, 0.3) is 0 Å². The molecule has 0 radical (unpaired) electrons. The van der Waals surface area contributed by atoms with Crippen molar-refractivity contribution >= 4 is 0 Å². The van der Waals surface area contributed by atoms with Crippen LogP contribution in [-0.4, -0.2) is 19.2 Å². The molecule has 2 heteroatoms. The molecule has 2 nitrogen and oxygen atoms in total. The van der Waals surface area contributed by atoms with Crippen LogP contribution in [0.3, 0.4) is 0 Å². The summed E-state index contributed by atoms with van der Waals surface area (Å²) in [6, 6.07) is 10.5. The van der Waals surface area contributed by atoms with E-state index in [0.29, 0.717) is 6.10 Å². The molecule has 0 aromatic heterocycles. The monoisotopic (exact) mass is 217 g/mol. The number of nitrogens with one attached hydrogen (secondary N) is 1. The molecule has 0 amide bonds. The summed E-state index contributed by atoms with van der Waals surface area (Å²) in [5.41, 5.74) is 1.29. The predicted molar refractivity (Wildman–Crippen MR) is 64.1 cm³/mol. The summed E-state index contributed by atoms with van der Waals surface area (Å²) in [4.78, 5) is 0. The number of hydrogen-bond acceptors (Lipinski definition) is 2. The van der Waals surface area contributed by atoms with Crippen LogP contribution in [-0.2, 0) is 11.3 Å². The molecule has 1 saturated heterocycles. The van der Waals surface area contributed by atoms with Crippen molar-refractivity contribution in [3.63, 3.8) is 0 Å². The third-order valence-electron chi connectivity index (χ3n) is 3.94. The number of fused-ring (bicyclic) bond motifs is 1. The molecule has 1 saturated carbocycles. The first-order valence-electron chi connectivity index (χ1n) is 6.28. The van der Waals surface area contributed by atoms with Gasteiger partial charge in [-0.15, -0.1) is 0 Å². The van der Waals surface area contributed by atoms with E-state index >= 15 is 0 Å². The van der Waals surface area contributed by atoms with E-state index in [1.165, 1.54) is 31.5 Å². The highest BCUT2D eigenvalue weighted by atomic mass is 16.5. The van der Waals surface area contributed by atoms with Gasteiger partial charge in [0.2, 0.25) is 0 Å².